The number of rotatable bonds is 3. The van der Waals surface area contributed by atoms with Gasteiger partial charge in [-0.05, 0) is 31.3 Å². The van der Waals surface area contributed by atoms with Crippen molar-refractivity contribution in [3.8, 4) is 0 Å². The van der Waals surface area contributed by atoms with Crippen molar-refractivity contribution in [2.75, 3.05) is 0 Å². The second-order valence-electron chi connectivity index (χ2n) is 4.56. The van der Waals surface area contributed by atoms with Crippen LogP contribution in [0.15, 0.2) is 24.4 Å². The smallest absolute Gasteiger partial charge is 0.179 e. The second-order valence-corrected chi connectivity index (χ2v) is 4.95. The minimum absolute atomic E-state index is 0.738. The van der Waals surface area contributed by atoms with Gasteiger partial charge in [0.15, 0.2) is 10.4 Å². The maximum atomic E-state index is 5.39. The molecular formula is C13H15N5S. The van der Waals surface area contributed by atoms with Gasteiger partial charge in [0.05, 0.1) is 5.69 Å². The van der Waals surface area contributed by atoms with Gasteiger partial charge in [-0.1, -0.05) is 6.07 Å². The van der Waals surface area contributed by atoms with E-state index in [0.29, 0.717) is 0 Å². The van der Waals surface area contributed by atoms with Crippen molar-refractivity contribution in [1.82, 2.24) is 24.3 Å². The fraction of sp³-hybridized carbons (Fsp3) is 0.308. The van der Waals surface area contributed by atoms with Crippen molar-refractivity contribution in [1.29, 1.82) is 0 Å². The summed E-state index contributed by atoms with van der Waals surface area (Å²) in [7, 11) is 1.94. The lowest BCUT2D eigenvalue weighted by Crippen LogP contribution is -2.06. The number of aromatic nitrogens is 5. The Kier molecular flexibility index (Phi) is 2.94. The molecule has 0 fully saturated rings. The van der Waals surface area contributed by atoms with Gasteiger partial charge in [-0.25, -0.2) is 0 Å². The van der Waals surface area contributed by atoms with E-state index in [2.05, 4.69) is 19.6 Å². The number of imidazole rings is 1. The van der Waals surface area contributed by atoms with E-state index >= 15 is 0 Å². The minimum Gasteiger partial charge on any atom is -0.328 e. The molecule has 3 heterocycles. The van der Waals surface area contributed by atoms with E-state index in [9.17, 15) is 0 Å². The molecule has 3 aromatic rings. The zero-order chi connectivity index (χ0) is 13.4. The van der Waals surface area contributed by atoms with Gasteiger partial charge in [-0.15, -0.1) is 0 Å². The first kappa shape index (κ1) is 12.1. The molecule has 0 spiro atoms. The summed E-state index contributed by atoms with van der Waals surface area (Å²) in [5.74, 6) is 0. The van der Waals surface area contributed by atoms with Crippen LogP contribution in [-0.2, 0) is 20.0 Å². The van der Waals surface area contributed by atoms with Crippen molar-refractivity contribution in [3.63, 3.8) is 0 Å². The standard InChI is InChI=1S/C13H15N5S/c1-9-11-12(17(2)16-9)18(13(19)15-11)8-6-10-5-3-4-7-14-10/h3-5,7H,6,8H2,1-2H3,(H,15,19). The highest BCUT2D eigenvalue weighted by molar-refractivity contribution is 7.71. The van der Waals surface area contributed by atoms with Gasteiger partial charge < -0.3 is 9.55 Å². The summed E-state index contributed by atoms with van der Waals surface area (Å²) in [4.78, 5) is 7.56. The normalized spacial score (nSPS) is 11.3. The van der Waals surface area contributed by atoms with Gasteiger partial charge in [0.1, 0.15) is 5.52 Å². The lowest BCUT2D eigenvalue weighted by Gasteiger charge is -2.04. The van der Waals surface area contributed by atoms with Crippen LogP contribution in [0.3, 0.4) is 0 Å². The van der Waals surface area contributed by atoms with Crippen molar-refractivity contribution < 1.29 is 0 Å². The lowest BCUT2D eigenvalue weighted by molar-refractivity contribution is 0.658. The molecule has 0 bridgehead atoms. The van der Waals surface area contributed by atoms with Crippen LogP contribution in [-0.4, -0.2) is 24.3 Å². The molecule has 1 N–H and O–H groups in total. The topological polar surface area (TPSA) is 51.4 Å². The van der Waals surface area contributed by atoms with Gasteiger partial charge in [0.25, 0.3) is 0 Å². The summed E-state index contributed by atoms with van der Waals surface area (Å²) in [5, 5.41) is 4.41. The number of nitrogens with one attached hydrogen (secondary N) is 1. The number of aromatic amines is 1. The Balaban J connectivity index is 1.97. The molecule has 0 atom stereocenters. The lowest BCUT2D eigenvalue weighted by atomic mass is 10.3. The van der Waals surface area contributed by atoms with Crippen LogP contribution >= 0.6 is 12.2 Å². The zero-order valence-electron chi connectivity index (χ0n) is 10.9. The average Bonchev–Trinajstić information content (AvgIpc) is 2.87. The predicted molar refractivity (Wildman–Crippen MR) is 76.6 cm³/mol. The summed E-state index contributed by atoms with van der Waals surface area (Å²) in [6, 6.07) is 5.96. The Bertz CT molecular complexity index is 766. The molecule has 3 rings (SSSR count). The summed E-state index contributed by atoms with van der Waals surface area (Å²) in [6.07, 6.45) is 2.67. The van der Waals surface area contributed by atoms with E-state index in [1.54, 1.807) is 0 Å². The number of aryl methyl sites for hydroxylation is 4. The predicted octanol–water partition coefficient (Wildman–Crippen LogP) is 2.38. The molecule has 0 amide bonds. The maximum absolute atomic E-state index is 5.39. The van der Waals surface area contributed by atoms with Gasteiger partial charge >= 0.3 is 0 Å². The number of pyridine rings is 1. The molecule has 19 heavy (non-hydrogen) atoms. The average molecular weight is 273 g/mol. The van der Waals surface area contributed by atoms with Gasteiger partial charge in [0.2, 0.25) is 0 Å². The fourth-order valence-electron chi connectivity index (χ4n) is 2.35. The van der Waals surface area contributed by atoms with Crippen LogP contribution in [0.25, 0.3) is 11.2 Å². The SMILES string of the molecule is Cc1nn(C)c2c1[nH]c(=S)n2CCc1ccccn1. The summed E-state index contributed by atoms with van der Waals surface area (Å²) in [6.45, 7) is 2.78. The summed E-state index contributed by atoms with van der Waals surface area (Å²) < 4.78 is 4.69. The van der Waals surface area contributed by atoms with Crippen LogP contribution < -0.4 is 0 Å². The fourth-order valence-corrected chi connectivity index (χ4v) is 2.63. The molecule has 0 aliphatic heterocycles. The van der Waals surface area contributed by atoms with Crippen LogP contribution in [0.4, 0.5) is 0 Å². The molecule has 0 radical (unpaired) electrons. The number of H-pyrrole nitrogens is 1. The number of hydrogen-bond acceptors (Lipinski definition) is 3. The largest absolute Gasteiger partial charge is 0.328 e. The van der Waals surface area contributed by atoms with E-state index in [-0.39, 0.29) is 0 Å². The van der Waals surface area contributed by atoms with E-state index < -0.39 is 0 Å². The minimum atomic E-state index is 0.738. The highest BCUT2D eigenvalue weighted by atomic mass is 32.1. The molecular weight excluding hydrogens is 258 g/mol. The van der Waals surface area contributed by atoms with Gasteiger partial charge in [-0.3, -0.25) is 9.67 Å². The van der Waals surface area contributed by atoms with Crippen molar-refractivity contribution >= 4 is 23.4 Å². The Labute approximate surface area is 115 Å². The van der Waals surface area contributed by atoms with E-state index in [4.69, 9.17) is 12.2 Å². The molecule has 98 valence electrons. The number of fused-ring (bicyclic) bond motifs is 1. The second kappa shape index (κ2) is 4.62. The first-order valence-electron chi connectivity index (χ1n) is 6.19. The Hall–Kier alpha value is -1.95. The third-order valence-electron chi connectivity index (χ3n) is 3.24. The molecule has 3 aromatic heterocycles. The van der Waals surface area contributed by atoms with Gasteiger partial charge in [0, 0.05) is 31.9 Å². The van der Waals surface area contributed by atoms with Crippen molar-refractivity contribution in [3.05, 3.63) is 40.6 Å². The Morgan fingerprint density at radius 3 is 2.95 bits per heavy atom. The van der Waals surface area contributed by atoms with Crippen LogP contribution in [0.1, 0.15) is 11.4 Å². The molecule has 0 saturated heterocycles. The summed E-state index contributed by atoms with van der Waals surface area (Å²) >= 11 is 5.39. The summed E-state index contributed by atoms with van der Waals surface area (Å²) in [5.41, 5.74) is 4.10. The van der Waals surface area contributed by atoms with E-state index in [1.165, 1.54) is 0 Å². The molecule has 0 aliphatic carbocycles. The molecule has 0 aliphatic rings. The Morgan fingerprint density at radius 1 is 1.37 bits per heavy atom. The first-order chi connectivity index (χ1) is 9.16. The number of hydrogen-bond donors (Lipinski definition) is 1. The molecule has 0 saturated carbocycles. The third kappa shape index (κ3) is 2.08. The van der Waals surface area contributed by atoms with Gasteiger partial charge in [-0.2, -0.15) is 5.10 Å². The van der Waals surface area contributed by atoms with E-state index in [0.717, 1.165) is 40.3 Å². The van der Waals surface area contributed by atoms with Crippen LogP contribution in [0, 0.1) is 11.7 Å². The molecule has 0 unspecified atom stereocenters. The molecule has 5 nitrogen and oxygen atoms in total. The van der Waals surface area contributed by atoms with Crippen LogP contribution in [0.5, 0.6) is 0 Å². The van der Waals surface area contributed by atoms with Crippen molar-refractivity contribution in [2.45, 2.75) is 19.9 Å². The monoisotopic (exact) mass is 273 g/mol. The van der Waals surface area contributed by atoms with Crippen LogP contribution in [0.2, 0.25) is 0 Å². The third-order valence-corrected chi connectivity index (χ3v) is 3.56. The zero-order valence-corrected chi connectivity index (χ0v) is 11.7. The number of nitrogens with zero attached hydrogens (tertiary/aromatic N) is 4. The highest BCUT2D eigenvalue weighted by Crippen LogP contribution is 2.17. The Morgan fingerprint density at radius 2 is 2.21 bits per heavy atom. The molecule has 0 aromatic carbocycles. The van der Waals surface area contributed by atoms with Crippen molar-refractivity contribution in [2.24, 2.45) is 7.05 Å². The molecule has 6 heteroatoms. The maximum Gasteiger partial charge on any atom is 0.179 e. The van der Waals surface area contributed by atoms with E-state index in [1.807, 2.05) is 43.0 Å². The highest BCUT2D eigenvalue weighted by Gasteiger charge is 2.12. The first-order valence-corrected chi connectivity index (χ1v) is 6.59. The quantitative estimate of drug-likeness (QED) is 0.745.